The monoisotopic (exact) mass is 342 g/mol. The molecule has 2 aromatic rings. The second-order valence-corrected chi connectivity index (χ2v) is 5.02. The molecule has 0 saturated heterocycles. The maximum atomic E-state index is 12.0. The number of rotatable bonds is 6. The number of hydrogen-bond acceptors (Lipinski definition) is 7. The number of carbonyl (C=O) groups is 3. The second-order valence-electron chi connectivity index (χ2n) is 5.02. The van der Waals surface area contributed by atoms with Gasteiger partial charge in [0.1, 0.15) is 0 Å². The lowest BCUT2D eigenvalue weighted by Crippen LogP contribution is -2.26. The third-order valence-electron chi connectivity index (χ3n) is 3.20. The summed E-state index contributed by atoms with van der Waals surface area (Å²) in [5, 5.41) is 34.7. The van der Waals surface area contributed by atoms with Crippen LogP contribution >= 0.6 is 0 Å². The molecule has 0 aromatic heterocycles. The molecule has 0 heterocycles. The summed E-state index contributed by atoms with van der Waals surface area (Å²) in [5.74, 6) is -3.77. The van der Waals surface area contributed by atoms with Gasteiger partial charge in [0.25, 0.3) is 5.69 Å². The first-order valence-corrected chi connectivity index (χ1v) is 6.87. The molecule has 0 aliphatic carbocycles. The summed E-state index contributed by atoms with van der Waals surface area (Å²) in [6.07, 6.45) is -0.145. The number of carboxylic acids is 2. The van der Waals surface area contributed by atoms with Crippen LogP contribution in [0.1, 0.15) is 26.3 Å². The van der Waals surface area contributed by atoms with Gasteiger partial charge in [0, 0.05) is 17.8 Å². The van der Waals surface area contributed by atoms with Gasteiger partial charge in [-0.1, -0.05) is 12.1 Å². The zero-order valence-corrected chi connectivity index (χ0v) is 12.6. The Kier molecular flexibility index (Phi) is 5.08. The van der Waals surface area contributed by atoms with E-state index in [-0.39, 0.29) is 17.8 Å². The molecule has 9 nitrogen and oxygen atoms in total. The molecule has 1 N–H and O–H groups in total. The summed E-state index contributed by atoms with van der Waals surface area (Å²) < 4.78 is 0. The number of nitrogens with zero attached hydrogens (tertiary/aromatic N) is 1. The minimum absolute atomic E-state index is 0.0483. The maximum absolute atomic E-state index is 12.0. The molecule has 128 valence electrons. The smallest absolute Gasteiger partial charge is 0.269 e. The number of hydrogen-bond donors (Lipinski definition) is 1. The van der Waals surface area contributed by atoms with E-state index in [1.807, 2.05) is 0 Å². The third kappa shape index (κ3) is 4.61. The zero-order valence-electron chi connectivity index (χ0n) is 12.6. The van der Waals surface area contributed by atoms with Crippen LogP contribution in [0.5, 0.6) is 0 Å². The van der Waals surface area contributed by atoms with E-state index in [1.54, 1.807) is 0 Å². The lowest BCUT2D eigenvalue weighted by molar-refractivity contribution is -0.384. The van der Waals surface area contributed by atoms with Gasteiger partial charge in [0.2, 0.25) is 5.91 Å². The SMILES string of the molecule is O=C(Cc1ccc([N+](=O)[O-])cc1)Nc1cc(C(=O)[O-])cc(C(=O)[O-])c1. The van der Waals surface area contributed by atoms with E-state index < -0.39 is 33.9 Å². The highest BCUT2D eigenvalue weighted by Crippen LogP contribution is 2.16. The summed E-state index contributed by atoms with van der Waals surface area (Å²) in [7, 11) is 0. The van der Waals surface area contributed by atoms with Gasteiger partial charge in [-0.3, -0.25) is 14.9 Å². The van der Waals surface area contributed by atoms with E-state index in [9.17, 15) is 34.7 Å². The minimum atomic E-state index is -1.60. The van der Waals surface area contributed by atoms with Crippen molar-refractivity contribution in [3.8, 4) is 0 Å². The quantitative estimate of drug-likeness (QED) is 0.548. The molecular weight excluding hydrogens is 332 g/mol. The number of nitro groups is 1. The Hall–Kier alpha value is -3.75. The number of benzene rings is 2. The Bertz CT molecular complexity index is 827. The van der Waals surface area contributed by atoms with Gasteiger partial charge >= 0.3 is 0 Å². The fourth-order valence-corrected chi connectivity index (χ4v) is 2.06. The maximum Gasteiger partial charge on any atom is 0.269 e. The molecule has 0 aliphatic rings. The van der Waals surface area contributed by atoms with Crippen LogP contribution in [0.25, 0.3) is 0 Å². The number of carboxylic acid groups (broad SMARTS) is 2. The van der Waals surface area contributed by atoms with Gasteiger partial charge < -0.3 is 25.1 Å². The standard InChI is InChI=1S/C16H12N2O7/c19-14(5-9-1-3-13(4-2-9)18(24)25)17-12-7-10(15(20)21)6-11(8-12)16(22)23/h1-4,6-8H,5H2,(H,17,19)(H,20,21)(H,22,23)/p-2. The number of amides is 1. The molecule has 0 saturated carbocycles. The molecule has 9 heteroatoms. The van der Waals surface area contributed by atoms with Crippen molar-refractivity contribution < 1.29 is 29.5 Å². The van der Waals surface area contributed by atoms with Crippen molar-refractivity contribution in [1.82, 2.24) is 0 Å². The molecule has 0 spiro atoms. The summed E-state index contributed by atoms with van der Waals surface area (Å²) in [5.41, 5.74) is -0.531. The van der Waals surface area contributed by atoms with E-state index in [0.717, 1.165) is 18.2 Å². The van der Waals surface area contributed by atoms with Gasteiger partial charge in [-0.05, 0) is 34.9 Å². The fraction of sp³-hybridized carbons (Fsp3) is 0.0625. The number of nitro benzene ring substituents is 1. The van der Waals surface area contributed by atoms with Gasteiger partial charge in [-0.2, -0.15) is 0 Å². The van der Waals surface area contributed by atoms with Gasteiger partial charge in [0.15, 0.2) is 0 Å². The minimum Gasteiger partial charge on any atom is -0.545 e. The Morgan fingerprint density at radius 2 is 1.44 bits per heavy atom. The van der Waals surface area contributed by atoms with E-state index in [0.29, 0.717) is 5.56 Å². The first-order chi connectivity index (χ1) is 11.8. The van der Waals surface area contributed by atoms with Crippen LogP contribution in [0.15, 0.2) is 42.5 Å². The lowest BCUT2D eigenvalue weighted by Gasteiger charge is -2.12. The molecule has 0 bridgehead atoms. The Morgan fingerprint density at radius 3 is 1.88 bits per heavy atom. The fourth-order valence-electron chi connectivity index (χ4n) is 2.06. The van der Waals surface area contributed by atoms with Crippen molar-refractivity contribution in [3.05, 3.63) is 69.3 Å². The number of nitrogens with one attached hydrogen (secondary N) is 1. The first-order valence-electron chi connectivity index (χ1n) is 6.87. The molecule has 0 fully saturated rings. The molecule has 2 rings (SSSR count). The average Bonchev–Trinajstić information content (AvgIpc) is 2.54. The van der Waals surface area contributed by atoms with E-state index in [2.05, 4.69) is 5.32 Å². The lowest BCUT2D eigenvalue weighted by atomic mass is 10.1. The van der Waals surface area contributed by atoms with Crippen molar-refractivity contribution >= 4 is 29.2 Å². The Labute approximate surface area is 140 Å². The van der Waals surface area contributed by atoms with Crippen LogP contribution in [0.3, 0.4) is 0 Å². The van der Waals surface area contributed by atoms with Crippen LogP contribution in [-0.2, 0) is 11.2 Å². The Balaban J connectivity index is 2.15. The van der Waals surface area contributed by atoms with Crippen LogP contribution in [0, 0.1) is 10.1 Å². The second kappa shape index (κ2) is 7.21. The summed E-state index contributed by atoms with van der Waals surface area (Å²) in [6, 6.07) is 8.26. The predicted octanol–water partition coefficient (Wildman–Crippen LogP) is -0.497. The van der Waals surface area contributed by atoms with Crippen molar-refractivity contribution in [2.24, 2.45) is 0 Å². The van der Waals surface area contributed by atoms with E-state index in [1.165, 1.54) is 24.3 Å². The zero-order chi connectivity index (χ0) is 18.6. The average molecular weight is 342 g/mol. The number of aromatic carboxylic acids is 2. The number of non-ortho nitro benzene ring substituents is 1. The molecule has 25 heavy (non-hydrogen) atoms. The Morgan fingerprint density at radius 1 is 0.920 bits per heavy atom. The van der Waals surface area contributed by atoms with Crippen LogP contribution in [-0.4, -0.2) is 22.8 Å². The topological polar surface area (TPSA) is 152 Å². The highest BCUT2D eigenvalue weighted by molar-refractivity contribution is 5.98. The number of carbonyl (C=O) groups excluding carboxylic acids is 3. The van der Waals surface area contributed by atoms with Crippen molar-refractivity contribution in [2.75, 3.05) is 5.32 Å². The molecule has 0 aliphatic heterocycles. The highest BCUT2D eigenvalue weighted by atomic mass is 16.6. The molecule has 0 radical (unpaired) electrons. The van der Waals surface area contributed by atoms with Crippen LogP contribution < -0.4 is 15.5 Å². The van der Waals surface area contributed by atoms with Crippen molar-refractivity contribution in [2.45, 2.75) is 6.42 Å². The highest BCUT2D eigenvalue weighted by Gasteiger charge is 2.09. The largest absolute Gasteiger partial charge is 0.545 e. The van der Waals surface area contributed by atoms with E-state index >= 15 is 0 Å². The first kappa shape index (κ1) is 17.6. The molecular formula is C16H10N2O7-2. The normalized spacial score (nSPS) is 10.1. The van der Waals surface area contributed by atoms with Crippen molar-refractivity contribution in [1.29, 1.82) is 0 Å². The summed E-state index contributed by atoms with van der Waals surface area (Å²) in [6.45, 7) is 0. The number of anilines is 1. The molecule has 0 unspecified atom stereocenters. The van der Waals surface area contributed by atoms with E-state index in [4.69, 9.17) is 0 Å². The van der Waals surface area contributed by atoms with Gasteiger partial charge in [-0.15, -0.1) is 0 Å². The predicted molar refractivity (Wildman–Crippen MR) is 80.5 cm³/mol. The third-order valence-corrected chi connectivity index (χ3v) is 3.20. The van der Waals surface area contributed by atoms with Crippen LogP contribution in [0.2, 0.25) is 0 Å². The van der Waals surface area contributed by atoms with Crippen molar-refractivity contribution in [3.63, 3.8) is 0 Å². The summed E-state index contributed by atoms with van der Waals surface area (Å²) >= 11 is 0. The van der Waals surface area contributed by atoms with Gasteiger partial charge in [0.05, 0.1) is 23.3 Å². The molecule has 0 atom stereocenters. The molecule has 1 amide bonds. The van der Waals surface area contributed by atoms with Gasteiger partial charge in [-0.25, -0.2) is 0 Å². The van der Waals surface area contributed by atoms with Crippen LogP contribution in [0.4, 0.5) is 11.4 Å². The summed E-state index contributed by atoms with van der Waals surface area (Å²) in [4.78, 5) is 43.8. The molecule has 2 aromatic carbocycles.